The number of aromatic nitrogens is 2. The number of H-pyrrole nitrogens is 1. The van der Waals surface area contributed by atoms with Crippen molar-refractivity contribution in [1.82, 2.24) is 20.0 Å². The van der Waals surface area contributed by atoms with Crippen LogP contribution in [0.3, 0.4) is 0 Å². The van der Waals surface area contributed by atoms with Gasteiger partial charge in [-0.05, 0) is 29.8 Å². The predicted molar refractivity (Wildman–Crippen MR) is 111 cm³/mol. The van der Waals surface area contributed by atoms with Crippen LogP contribution in [0.5, 0.6) is 5.88 Å². The minimum atomic E-state index is -0.268. The smallest absolute Gasteiger partial charge is 0.272 e. The Morgan fingerprint density at radius 2 is 1.70 bits per heavy atom. The highest BCUT2D eigenvalue weighted by Crippen LogP contribution is 2.20. The van der Waals surface area contributed by atoms with Crippen LogP contribution in [0.4, 0.5) is 0 Å². The summed E-state index contributed by atoms with van der Waals surface area (Å²) in [5.74, 6) is 0.305. The van der Waals surface area contributed by atoms with Crippen molar-refractivity contribution < 1.29 is 14.3 Å². The number of benzene rings is 2. The number of hydrogen-bond acceptors (Lipinski definition) is 5. The van der Waals surface area contributed by atoms with Crippen LogP contribution in [0.25, 0.3) is 10.8 Å². The Balaban J connectivity index is 1.46. The van der Waals surface area contributed by atoms with Crippen molar-refractivity contribution in [2.75, 3.05) is 26.2 Å². The second-order valence-corrected chi connectivity index (χ2v) is 7.19. The van der Waals surface area contributed by atoms with E-state index in [4.69, 9.17) is 4.74 Å². The average molecular weight is 406 g/mol. The summed E-state index contributed by atoms with van der Waals surface area (Å²) >= 11 is 0. The predicted octanol–water partition coefficient (Wildman–Crippen LogP) is 1.81. The van der Waals surface area contributed by atoms with Crippen molar-refractivity contribution in [3.8, 4) is 5.88 Å². The van der Waals surface area contributed by atoms with Gasteiger partial charge in [0.2, 0.25) is 11.8 Å². The van der Waals surface area contributed by atoms with E-state index in [0.717, 1.165) is 5.56 Å². The van der Waals surface area contributed by atoms with E-state index < -0.39 is 0 Å². The van der Waals surface area contributed by atoms with Crippen LogP contribution >= 0.6 is 0 Å². The van der Waals surface area contributed by atoms with Crippen LogP contribution in [0.15, 0.2) is 53.3 Å². The molecule has 1 N–H and O–H groups in total. The van der Waals surface area contributed by atoms with Crippen molar-refractivity contribution >= 4 is 22.6 Å². The molecular formula is C22H22N4O4. The fraction of sp³-hybridized carbons (Fsp3) is 0.273. The molecule has 0 radical (unpaired) electrons. The number of ether oxygens (including phenoxy) is 1. The van der Waals surface area contributed by atoms with Crippen LogP contribution in [0.2, 0.25) is 0 Å². The first-order valence-electron chi connectivity index (χ1n) is 9.77. The molecule has 30 heavy (non-hydrogen) atoms. The molecule has 0 atom stereocenters. The van der Waals surface area contributed by atoms with Gasteiger partial charge in [0.1, 0.15) is 6.61 Å². The lowest BCUT2D eigenvalue weighted by Crippen LogP contribution is -2.50. The van der Waals surface area contributed by atoms with Crippen molar-refractivity contribution in [2.24, 2.45) is 0 Å². The molecular weight excluding hydrogens is 384 g/mol. The van der Waals surface area contributed by atoms with E-state index in [-0.39, 0.29) is 24.0 Å². The second-order valence-electron chi connectivity index (χ2n) is 7.19. The zero-order valence-electron chi connectivity index (χ0n) is 16.6. The van der Waals surface area contributed by atoms with Gasteiger partial charge in [0.15, 0.2) is 0 Å². The number of rotatable bonds is 4. The van der Waals surface area contributed by atoms with E-state index in [2.05, 4.69) is 10.2 Å². The number of nitrogens with zero attached hydrogens (tertiary/aromatic N) is 3. The van der Waals surface area contributed by atoms with E-state index in [1.807, 2.05) is 18.2 Å². The average Bonchev–Trinajstić information content (AvgIpc) is 2.78. The lowest BCUT2D eigenvalue weighted by atomic mass is 10.1. The number of hydrogen-bond donors (Lipinski definition) is 1. The number of carbonyl (C=O) groups is 2. The zero-order chi connectivity index (χ0) is 21.1. The van der Waals surface area contributed by atoms with E-state index in [0.29, 0.717) is 48.4 Å². The van der Waals surface area contributed by atoms with Gasteiger partial charge in [-0.3, -0.25) is 14.4 Å². The second kappa shape index (κ2) is 8.36. The molecule has 2 amide bonds. The molecule has 0 saturated carbocycles. The standard InChI is InChI=1S/C22H22N4O4/c1-15(27)25-9-11-26(12-10-25)22(29)17-6-4-5-16(13-17)14-30-21-19-8-3-2-7-18(19)20(28)23-24-21/h2-8,13H,9-12,14H2,1H3,(H,23,28). The number of fused-ring (bicyclic) bond motifs is 1. The third-order valence-corrected chi connectivity index (χ3v) is 5.22. The molecule has 2 heterocycles. The molecule has 0 aliphatic carbocycles. The quantitative estimate of drug-likeness (QED) is 0.713. The Morgan fingerprint density at radius 3 is 2.43 bits per heavy atom. The van der Waals surface area contributed by atoms with Crippen molar-refractivity contribution in [3.05, 3.63) is 70.0 Å². The molecule has 2 aromatic carbocycles. The lowest BCUT2D eigenvalue weighted by molar-refractivity contribution is -0.130. The zero-order valence-corrected chi connectivity index (χ0v) is 16.6. The highest BCUT2D eigenvalue weighted by Gasteiger charge is 2.23. The van der Waals surface area contributed by atoms with Crippen LogP contribution in [0, 0.1) is 0 Å². The molecule has 8 heteroatoms. The van der Waals surface area contributed by atoms with Gasteiger partial charge in [0.05, 0.1) is 10.8 Å². The van der Waals surface area contributed by atoms with Gasteiger partial charge in [-0.15, -0.1) is 5.10 Å². The third-order valence-electron chi connectivity index (χ3n) is 5.22. The van der Waals surface area contributed by atoms with Gasteiger partial charge in [0.25, 0.3) is 11.5 Å². The first-order valence-corrected chi connectivity index (χ1v) is 9.77. The third kappa shape index (κ3) is 4.03. The maximum Gasteiger partial charge on any atom is 0.272 e. The summed E-state index contributed by atoms with van der Waals surface area (Å²) < 4.78 is 5.83. The van der Waals surface area contributed by atoms with Crippen LogP contribution in [-0.4, -0.2) is 58.0 Å². The summed E-state index contributed by atoms with van der Waals surface area (Å²) in [6.45, 7) is 3.90. The maximum absolute atomic E-state index is 12.8. The molecule has 8 nitrogen and oxygen atoms in total. The minimum absolute atomic E-state index is 0.0321. The van der Waals surface area contributed by atoms with Crippen LogP contribution in [-0.2, 0) is 11.4 Å². The number of aromatic amines is 1. The number of carbonyl (C=O) groups excluding carboxylic acids is 2. The fourth-order valence-electron chi connectivity index (χ4n) is 3.55. The Labute approximate surface area is 173 Å². The van der Waals surface area contributed by atoms with Crippen LogP contribution in [0.1, 0.15) is 22.8 Å². The summed E-state index contributed by atoms with van der Waals surface area (Å²) in [7, 11) is 0. The molecule has 0 bridgehead atoms. The SMILES string of the molecule is CC(=O)N1CCN(C(=O)c2cccc(COc3n[nH]c(=O)c4ccccc34)c2)CC1. The normalized spacial score (nSPS) is 14.0. The largest absolute Gasteiger partial charge is 0.471 e. The van der Waals surface area contributed by atoms with Crippen molar-refractivity contribution in [2.45, 2.75) is 13.5 Å². The lowest BCUT2D eigenvalue weighted by Gasteiger charge is -2.34. The molecule has 1 aliphatic rings. The van der Waals surface area contributed by atoms with E-state index in [1.165, 1.54) is 0 Å². The Bertz CT molecular complexity index is 1150. The Hall–Kier alpha value is -3.68. The minimum Gasteiger partial charge on any atom is -0.471 e. The molecule has 1 aromatic heterocycles. The van der Waals surface area contributed by atoms with E-state index in [1.54, 1.807) is 47.1 Å². The van der Waals surface area contributed by atoms with Crippen molar-refractivity contribution in [3.63, 3.8) is 0 Å². The monoisotopic (exact) mass is 406 g/mol. The fourth-order valence-corrected chi connectivity index (χ4v) is 3.55. The van der Waals surface area contributed by atoms with Gasteiger partial charge in [-0.25, -0.2) is 5.10 Å². The summed E-state index contributed by atoms with van der Waals surface area (Å²) in [6, 6.07) is 14.4. The highest BCUT2D eigenvalue weighted by atomic mass is 16.5. The number of amides is 2. The molecule has 1 saturated heterocycles. The molecule has 0 spiro atoms. The molecule has 4 rings (SSSR count). The van der Waals surface area contributed by atoms with Gasteiger partial charge < -0.3 is 14.5 Å². The van der Waals surface area contributed by atoms with E-state index in [9.17, 15) is 14.4 Å². The van der Waals surface area contributed by atoms with Crippen molar-refractivity contribution in [1.29, 1.82) is 0 Å². The van der Waals surface area contributed by atoms with Crippen LogP contribution < -0.4 is 10.3 Å². The molecule has 1 aliphatic heterocycles. The van der Waals surface area contributed by atoms with Gasteiger partial charge in [0, 0.05) is 38.7 Å². The van der Waals surface area contributed by atoms with E-state index >= 15 is 0 Å². The topological polar surface area (TPSA) is 95.6 Å². The molecule has 3 aromatic rings. The number of nitrogens with one attached hydrogen (secondary N) is 1. The Kier molecular flexibility index (Phi) is 5.47. The summed E-state index contributed by atoms with van der Waals surface area (Å²) in [5.41, 5.74) is 1.13. The molecule has 154 valence electrons. The first kappa shape index (κ1) is 19.6. The van der Waals surface area contributed by atoms with Gasteiger partial charge >= 0.3 is 0 Å². The molecule has 0 unspecified atom stereocenters. The maximum atomic E-state index is 12.8. The summed E-state index contributed by atoms with van der Waals surface area (Å²) in [4.78, 5) is 39.7. The Morgan fingerprint density at radius 1 is 1.00 bits per heavy atom. The summed E-state index contributed by atoms with van der Waals surface area (Å²) in [6.07, 6.45) is 0. The first-order chi connectivity index (χ1) is 14.5. The summed E-state index contributed by atoms with van der Waals surface area (Å²) in [5, 5.41) is 7.60. The highest BCUT2D eigenvalue weighted by molar-refractivity contribution is 5.94. The van der Waals surface area contributed by atoms with Gasteiger partial charge in [-0.2, -0.15) is 0 Å². The number of piperazine rings is 1. The van der Waals surface area contributed by atoms with Gasteiger partial charge in [-0.1, -0.05) is 24.3 Å². The molecule has 1 fully saturated rings.